The van der Waals surface area contributed by atoms with E-state index < -0.39 is 16.0 Å². The van der Waals surface area contributed by atoms with E-state index in [1.54, 1.807) is 6.07 Å². The van der Waals surface area contributed by atoms with Crippen molar-refractivity contribution >= 4 is 16.0 Å². The molecule has 0 aromatic heterocycles. The largest absolute Gasteiger partial charge is 0.478 e. The summed E-state index contributed by atoms with van der Waals surface area (Å²) in [7, 11) is -3.69. The lowest BCUT2D eigenvalue weighted by molar-refractivity contribution is 0.0695. The first-order valence-electron chi connectivity index (χ1n) is 6.98. The number of benzene rings is 1. The van der Waals surface area contributed by atoms with Crippen LogP contribution in [-0.4, -0.2) is 42.9 Å². The zero-order chi connectivity index (χ0) is 15.6. The molecule has 1 saturated heterocycles. The van der Waals surface area contributed by atoms with Gasteiger partial charge in [-0.05, 0) is 37.0 Å². The van der Waals surface area contributed by atoms with Gasteiger partial charge in [-0.1, -0.05) is 13.0 Å². The molecule has 1 aliphatic rings. The van der Waals surface area contributed by atoms with Gasteiger partial charge in [-0.25, -0.2) is 13.2 Å². The van der Waals surface area contributed by atoms with Gasteiger partial charge >= 0.3 is 5.97 Å². The smallest absolute Gasteiger partial charge is 0.336 e. The summed E-state index contributed by atoms with van der Waals surface area (Å²) < 4.78 is 26.5. The van der Waals surface area contributed by atoms with Crippen LogP contribution in [0.15, 0.2) is 23.1 Å². The molecule has 7 heteroatoms. The Balaban J connectivity index is 2.40. The van der Waals surface area contributed by atoms with E-state index in [9.17, 15) is 18.3 Å². The number of sulfonamides is 1. The van der Waals surface area contributed by atoms with Gasteiger partial charge < -0.3 is 10.8 Å². The maximum Gasteiger partial charge on any atom is 0.336 e. The highest BCUT2D eigenvalue weighted by atomic mass is 32.2. The van der Waals surface area contributed by atoms with Crippen LogP contribution in [0, 0.1) is 0 Å². The summed E-state index contributed by atoms with van der Waals surface area (Å²) in [5, 5.41) is 9.21. The summed E-state index contributed by atoms with van der Waals surface area (Å²) in [6.07, 6.45) is 2.07. The summed E-state index contributed by atoms with van der Waals surface area (Å²) in [6, 6.07) is 4.12. The van der Waals surface area contributed by atoms with Gasteiger partial charge in [-0.2, -0.15) is 4.31 Å². The van der Waals surface area contributed by atoms with Crippen molar-refractivity contribution in [3.8, 4) is 0 Å². The first-order chi connectivity index (χ1) is 9.86. The molecule has 1 heterocycles. The highest BCUT2D eigenvalue weighted by Crippen LogP contribution is 2.23. The number of nitrogens with zero attached hydrogens (tertiary/aromatic N) is 1. The van der Waals surface area contributed by atoms with Crippen molar-refractivity contribution in [3.05, 3.63) is 29.3 Å². The Morgan fingerprint density at radius 3 is 2.76 bits per heavy atom. The molecule has 1 aromatic rings. The third kappa shape index (κ3) is 3.25. The van der Waals surface area contributed by atoms with Crippen LogP contribution in [0.5, 0.6) is 0 Å². The van der Waals surface area contributed by atoms with E-state index in [1.165, 1.54) is 16.4 Å². The molecule has 1 atom stereocenters. The maximum atomic E-state index is 12.6. The molecule has 0 spiro atoms. The van der Waals surface area contributed by atoms with Crippen LogP contribution < -0.4 is 5.73 Å². The Kier molecular flexibility index (Phi) is 4.65. The highest BCUT2D eigenvalue weighted by Gasteiger charge is 2.29. The predicted molar refractivity (Wildman–Crippen MR) is 78.7 cm³/mol. The average molecular weight is 312 g/mol. The Bertz CT molecular complexity index is 642. The van der Waals surface area contributed by atoms with E-state index in [0.29, 0.717) is 18.5 Å². The van der Waals surface area contributed by atoms with E-state index in [-0.39, 0.29) is 23.0 Å². The number of piperidine rings is 1. The monoisotopic (exact) mass is 312 g/mol. The van der Waals surface area contributed by atoms with Gasteiger partial charge in [0.05, 0.1) is 10.5 Å². The number of hydrogen-bond acceptors (Lipinski definition) is 4. The number of hydrogen-bond donors (Lipinski definition) is 2. The van der Waals surface area contributed by atoms with Crippen molar-refractivity contribution in [1.82, 2.24) is 4.31 Å². The molecule has 116 valence electrons. The van der Waals surface area contributed by atoms with Crippen molar-refractivity contribution in [1.29, 1.82) is 0 Å². The van der Waals surface area contributed by atoms with E-state index in [4.69, 9.17) is 5.73 Å². The Morgan fingerprint density at radius 2 is 2.19 bits per heavy atom. The number of aryl methyl sites for hydroxylation is 1. The summed E-state index contributed by atoms with van der Waals surface area (Å²) in [5.41, 5.74) is 6.49. The second kappa shape index (κ2) is 6.13. The summed E-state index contributed by atoms with van der Waals surface area (Å²) >= 11 is 0. The molecule has 1 aliphatic heterocycles. The van der Waals surface area contributed by atoms with Crippen molar-refractivity contribution in [3.63, 3.8) is 0 Å². The van der Waals surface area contributed by atoms with Gasteiger partial charge in [0.1, 0.15) is 0 Å². The second-order valence-electron chi connectivity index (χ2n) is 5.24. The highest BCUT2D eigenvalue weighted by molar-refractivity contribution is 7.89. The number of rotatable bonds is 4. The number of carboxylic acid groups (broad SMARTS) is 1. The zero-order valence-electron chi connectivity index (χ0n) is 11.9. The average Bonchev–Trinajstić information content (AvgIpc) is 2.46. The fourth-order valence-electron chi connectivity index (χ4n) is 2.56. The van der Waals surface area contributed by atoms with Crippen LogP contribution >= 0.6 is 0 Å². The van der Waals surface area contributed by atoms with Crippen LogP contribution in [0.1, 0.15) is 35.7 Å². The molecule has 21 heavy (non-hydrogen) atoms. The molecule has 0 bridgehead atoms. The zero-order valence-corrected chi connectivity index (χ0v) is 12.8. The fraction of sp³-hybridized carbons (Fsp3) is 0.500. The van der Waals surface area contributed by atoms with Crippen molar-refractivity contribution in [2.75, 3.05) is 13.1 Å². The first kappa shape index (κ1) is 15.9. The lowest BCUT2D eigenvalue weighted by atomic mass is 10.1. The van der Waals surface area contributed by atoms with E-state index in [2.05, 4.69) is 0 Å². The van der Waals surface area contributed by atoms with Gasteiger partial charge in [-0.3, -0.25) is 0 Å². The summed E-state index contributed by atoms with van der Waals surface area (Å²) in [6.45, 7) is 2.54. The minimum absolute atomic E-state index is 0.0196. The third-order valence-corrected chi connectivity index (χ3v) is 5.61. The van der Waals surface area contributed by atoms with Gasteiger partial charge in [0, 0.05) is 19.1 Å². The molecule has 0 radical (unpaired) electrons. The van der Waals surface area contributed by atoms with Crippen molar-refractivity contribution in [2.45, 2.75) is 37.1 Å². The van der Waals surface area contributed by atoms with Crippen molar-refractivity contribution in [2.24, 2.45) is 5.73 Å². The summed E-state index contributed by atoms with van der Waals surface area (Å²) in [5.74, 6) is -1.11. The number of carbonyl (C=O) groups is 1. The van der Waals surface area contributed by atoms with Crippen LogP contribution in [0.2, 0.25) is 0 Å². The van der Waals surface area contributed by atoms with Crippen LogP contribution in [-0.2, 0) is 16.4 Å². The number of aromatic carboxylic acids is 1. The number of nitrogens with two attached hydrogens (primary N) is 1. The Hall–Kier alpha value is -1.44. The molecule has 0 amide bonds. The minimum Gasteiger partial charge on any atom is -0.478 e. The van der Waals surface area contributed by atoms with E-state index >= 15 is 0 Å². The van der Waals surface area contributed by atoms with Gasteiger partial charge in [-0.15, -0.1) is 0 Å². The molecule has 3 N–H and O–H groups in total. The van der Waals surface area contributed by atoms with Crippen LogP contribution in [0.3, 0.4) is 0 Å². The molecule has 0 saturated carbocycles. The van der Waals surface area contributed by atoms with Gasteiger partial charge in [0.25, 0.3) is 0 Å². The van der Waals surface area contributed by atoms with Crippen molar-refractivity contribution < 1.29 is 18.3 Å². The van der Waals surface area contributed by atoms with Crippen LogP contribution in [0.4, 0.5) is 0 Å². The standard InChI is InChI=1S/C14H20N2O4S/c1-2-10-5-6-12(8-13(10)14(17)18)21(19,20)16-7-3-4-11(15)9-16/h5-6,8,11H,2-4,7,9,15H2,1H3,(H,17,18). The normalized spacial score (nSPS) is 20.4. The first-order valence-corrected chi connectivity index (χ1v) is 8.42. The SMILES string of the molecule is CCc1ccc(S(=O)(=O)N2CCCC(N)C2)cc1C(=O)O. The predicted octanol–water partition coefficient (Wildman–Crippen LogP) is 1.06. The lowest BCUT2D eigenvalue weighted by Gasteiger charge is -2.30. The molecule has 1 fully saturated rings. The molecule has 1 unspecified atom stereocenters. The second-order valence-corrected chi connectivity index (χ2v) is 7.18. The Labute approximate surface area is 124 Å². The molecule has 6 nitrogen and oxygen atoms in total. The van der Waals surface area contributed by atoms with E-state index in [1.807, 2.05) is 6.92 Å². The Morgan fingerprint density at radius 1 is 1.48 bits per heavy atom. The molecular weight excluding hydrogens is 292 g/mol. The molecule has 2 rings (SSSR count). The molecule has 1 aromatic carbocycles. The third-order valence-electron chi connectivity index (χ3n) is 3.75. The lowest BCUT2D eigenvalue weighted by Crippen LogP contribution is -2.45. The van der Waals surface area contributed by atoms with Crippen LogP contribution in [0.25, 0.3) is 0 Å². The number of carboxylic acids is 1. The topological polar surface area (TPSA) is 101 Å². The molecular formula is C14H20N2O4S. The minimum atomic E-state index is -3.69. The summed E-state index contributed by atoms with van der Waals surface area (Å²) in [4.78, 5) is 11.3. The maximum absolute atomic E-state index is 12.6. The van der Waals surface area contributed by atoms with Gasteiger partial charge in [0.2, 0.25) is 10.0 Å². The van der Waals surface area contributed by atoms with Gasteiger partial charge in [0.15, 0.2) is 0 Å². The fourth-order valence-corrected chi connectivity index (χ4v) is 4.13. The van der Waals surface area contributed by atoms with E-state index in [0.717, 1.165) is 12.8 Å². The quantitative estimate of drug-likeness (QED) is 0.865. The molecule has 0 aliphatic carbocycles.